The van der Waals surface area contributed by atoms with E-state index >= 15 is 0 Å². The van der Waals surface area contributed by atoms with Gasteiger partial charge >= 0.3 is 6.18 Å². The molecule has 0 spiro atoms. The SMILES string of the molecule is CN(Cc1ccccc1C(F)(F)F)C(=O)COc1ccc(N(C)S(=O)(=O)c2cccs2)cc1. The number of hydrogen-bond acceptors (Lipinski definition) is 5. The summed E-state index contributed by atoms with van der Waals surface area (Å²) >= 11 is 1.11. The molecular weight excluding hydrogens is 477 g/mol. The second kappa shape index (κ2) is 9.84. The van der Waals surface area contributed by atoms with Gasteiger partial charge in [0.2, 0.25) is 0 Å². The van der Waals surface area contributed by atoms with E-state index in [-0.39, 0.29) is 22.9 Å². The molecule has 0 aliphatic rings. The molecule has 0 aliphatic heterocycles. The molecule has 2 aromatic carbocycles. The van der Waals surface area contributed by atoms with E-state index in [1.54, 1.807) is 11.4 Å². The summed E-state index contributed by atoms with van der Waals surface area (Å²) in [6.07, 6.45) is -4.51. The van der Waals surface area contributed by atoms with Crippen molar-refractivity contribution in [3.8, 4) is 5.75 Å². The molecule has 11 heteroatoms. The minimum absolute atomic E-state index is 0.0137. The van der Waals surface area contributed by atoms with Gasteiger partial charge in [0.25, 0.3) is 15.9 Å². The largest absolute Gasteiger partial charge is 0.484 e. The number of sulfonamides is 1. The second-order valence-electron chi connectivity index (χ2n) is 7.09. The number of ether oxygens (including phenoxy) is 1. The van der Waals surface area contributed by atoms with Crippen molar-refractivity contribution in [2.24, 2.45) is 0 Å². The molecule has 3 aromatic rings. The van der Waals surface area contributed by atoms with Crippen molar-refractivity contribution in [2.75, 3.05) is 25.0 Å². The van der Waals surface area contributed by atoms with Gasteiger partial charge in [0, 0.05) is 20.6 Å². The standard InChI is InChI=1S/C22H21F3N2O4S2/c1-26(14-16-6-3-4-7-19(16)22(23,24)25)20(28)15-31-18-11-9-17(10-12-18)27(2)33(29,30)21-8-5-13-32-21/h3-13H,14-15H2,1-2H3. The van der Waals surface area contributed by atoms with Crippen molar-refractivity contribution in [3.63, 3.8) is 0 Å². The van der Waals surface area contributed by atoms with Gasteiger partial charge in [0.1, 0.15) is 9.96 Å². The second-order valence-corrected chi connectivity index (χ2v) is 10.2. The van der Waals surface area contributed by atoms with Crippen molar-refractivity contribution >= 4 is 33.0 Å². The molecular formula is C22H21F3N2O4S2. The first kappa shape index (κ1) is 24.6. The van der Waals surface area contributed by atoms with Crippen molar-refractivity contribution in [2.45, 2.75) is 16.9 Å². The molecule has 0 unspecified atom stereocenters. The number of thiophene rings is 1. The maximum Gasteiger partial charge on any atom is 0.416 e. The van der Waals surface area contributed by atoms with Crippen molar-refractivity contribution in [1.29, 1.82) is 0 Å². The van der Waals surface area contributed by atoms with Gasteiger partial charge in [-0.2, -0.15) is 13.2 Å². The summed E-state index contributed by atoms with van der Waals surface area (Å²) < 4.78 is 71.4. The van der Waals surface area contributed by atoms with E-state index in [1.807, 2.05) is 0 Å². The first-order valence-corrected chi connectivity index (χ1v) is 12.0. The zero-order chi connectivity index (χ0) is 24.2. The fraction of sp³-hybridized carbons (Fsp3) is 0.227. The monoisotopic (exact) mass is 498 g/mol. The number of rotatable bonds is 8. The number of halogens is 3. The summed E-state index contributed by atoms with van der Waals surface area (Å²) in [7, 11) is -0.844. The Hall–Kier alpha value is -3.05. The van der Waals surface area contributed by atoms with E-state index in [4.69, 9.17) is 4.74 Å². The van der Waals surface area contributed by atoms with Gasteiger partial charge in [-0.3, -0.25) is 9.10 Å². The summed E-state index contributed by atoms with van der Waals surface area (Å²) in [4.78, 5) is 13.5. The minimum atomic E-state index is -4.51. The van der Waals surface area contributed by atoms with Gasteiger partial charge in [-0.15, -0.1) is 11.3 Å². The minimum Gasteiger partial charge on any atom is -0.484 e. The summed E-state index contributed by atoms with van der Waals surface area (Å²) in [6, 6.07) is 14.3. The predicted molar refractivity (Wildman–Crippen MR) is 120 cm³/mol. The molecule has 0 bridgehead atoms. The van der Waals surface area contributed by atoms with Crippen LogP contribution in [-0.4, -0.2) is 39.9 Å². The van der Waals surface area contributed by atoms with E-state index in [2.05, 4.69) is 0 Å². The van der Waals surface area contributed by atoms with E-state index in [0.29, 0.717) is 11.4 Å². The zero-order valence-corrected chi connectivity index (χ0v) is 19.4. The molecule has 0 saturated heterocycles. The molecule has 1 aromatic heterocycles. The fourth-order valence-corrected chi connectivity index (χ4v) is 5.33. The van der Waals surface area contributed by atoms with Crippen LogP contribution in [0.25, 0.3) is 0 Å². The Labute approximate surface area is 193 Å². The Balaban J connectivity index is 1.60. The molecule has 0 radical (unpaired) electrons. The van der Waals surface area contributed by atoms with E-state index < -0.39 is 27.7 Å². The number of hydrogen-bond donors (Lipinski definition) is 0. The summed E-state index contributed by atoms with van der Waals surface area (Å²) in [5.41, 5.74) is -0.397. The van der Waals surface area contributed by atoms with Crippen LogP contribution >= 0.6 is 11.3 Å². The number of carbonyl (C=O) groups is 1. The molecule has 1 heterocycles. The van der Waals surface area contributed by atoms with Crippen LogP contribution in [0.3, 0.4) is 0 Å². The highest BCUT2D eigenvalue weighted by Crippen LogP contribution is 2.32. The molecule has 6 nitrogen and oxygen atoms in total. The summed E-state index contributed by atoms with van der Waals surface area (Å²) in [5.74, 6) is -0.188. The molecule has 0 atom stereocenters. The van der Waals surface area contributed by atoms with Gasteiger partial charge in [-0.1, -0.05) is 24.3 Å². The Kier molecular flexibility index (Phi) is 7.33. The van der Waals surface area contributed by atoms with Crippen molar-refractivity contribution in [3.05, 3.63) is 77.2 Å². The van der Waals surface area contributed by atoms with Crippen LogP contribution in [0.5, 0.6) is 5.75 Å². The lowest BCUT2D eigenvalue weighted by molar-refractivity contribution is -0.140. The van der Waals surface area contributed by atoms with Crippen LogP contribution in [0.2, 0.25) is 0 Å². The van der Waals surface area contributed by atoms with Gasteiger partial charge in [0.05, 0.1) is 11.3 Å². The van der Waals surface area contributed by atoms with Gasteiger partial charge in [-0.25, -0.2) is 8.42 Å². The number of anilines is 1. The van der Waals surface area contributed by atoms with Crippen LogP contribution < -0.4 is 9.04 Å². The van der Waals surface area contributed by atoms with Gasteiger partial charge in [-0.05, 0) is 47.3 Å². The topological polar surface area (TPSA) is 66.9 Å². The number of benzene rings is 2. The van der Waals surface area contributed by atoms with E-state index in [9.17, 15) is 26.4 Å². The van der Waals surface area contributed by atoms with Crippen molar-refractivity contribution in [1.82, 2.24) is 4.90 Å². The van der Waals surface area contributed by atoms with Crippen LogP contribution in [0.4, 0.5) is 18.9 Å². The first-order chi connectivity index (χ1) is 15.5. The lowest BCUT2D eigenvalue weighted by atomic mass is 10.1. The Morgan fingerprint density at radius 2 is 1.67 bits per heavy atom. The van der Waals surface area contributed by atoms with Gasteiger partial charge in [0.15, 0.2) is 6.61 Å². The summed E-state index contributed by atoms with van der Waals surface area (Å²) in [5, 5.41) is 1.67. The maximum atomic E-state index is 13.1. The van der Waals surface area contributed by atoms with E-state index in [1.165, 1.54) is 62.6 Å². The van der Waals surface area contributed by atoms with Crippen LogP contribution in [0, 0.1) is 0 Å². The number of alkyl halides is 3. The summed E-state index contributed by atoms with van der Waals surface area (Å²) in [6.45, 7) is -0.602. The molecule has 33 heavy (non-hydrogen) atoms. The van der Waals surface area contributed by atoms with Crippen LogP contribution in [-0.2, 0) is 27.5 Å². The predicted octanol–water partition coefficient (Wildman–Crippen LogP) is 4.63. The number of likely N-dealkylation sites (N-methyl/N-ethyl adjacent to an activating group) is 1. The Morgan fingerprint density at radius 1 is 1.00 bits per heavy atom. The molecule has 0 aliphatic carbocycles. The smallest absolute Gasteiger partial charge is 0.416 e. The maximum absolute atomic E-state index is 13.1. The van der Waals surface area contributed by atoms with E-state index in [0.717, 1.165) is 26.6 Å². The third-order valence-electron chi connectivity index (χ3n) is 4.83. The Bertz CT molecular complexity index is 1200. The number of nitrogens with zero attached hydrogens (tertiary/aromatic N) is 2. The molecule has 0 saturated carbocycles. The van der Waals surface area contributed by atoms with Crippen LogP contribution in [0.1, 0.15) is 11.1 Å². The highest BCUT2D eigenvalue weighted by atomic mass is 32.2. The lowest BCUT2D eigenvalue weighted by Gasteiger charge is -2.21. The van der Waals surface area contributed by atoms with Crippen LogP contribution in [0.15, 0.2) is 70.3 Å². The highest BCUT2D eigenvalue weighted by molar-refractivity contribution is 7.94. The average Bonchev–Trinajstić information content (AvgIpc) is 3.33. The zero-order valence-electron chi connectivity index (χ0n) is 17.7. The lowest BCUT2D eigenvalue weighted by Crippen LogP contribution is -2.31. The van der Waals surface area contributed by atoms with Gasteiger partial charge < -0.3 is 9.64 Å². The molecule has 3 rings (SSSR count). The molecule has 176 valence electrons. The normalized spacial score (nSPS) is 11.8. The Morgan fingerprint density at radius 3 is 2.27 bits per heavy atom. The first-order valence-electron chi connectivity index (χ1n) is 9.64. The number of amides is 1. The molecule has 0 N–H and O–H groups in total. The molecule has 1 amide bonds. The quantitative estimate of drug-likeness (QED) is 0.454. The fourth-order valence-electron chi connectivity index (χ4n) is 2.97. The van der Waals surface area contributed by atoms with Crippen molar-refractivity contribution < 1.29 is 31.1 Å². The third kappa shape index (κ3) is 5.85. The highest BCUT2D eigenvalue weighted by Gasteiger charge is 2.33. The average molecular weight is 499 g/mol. The molecule has 0 fully saturated rings. The third-order valence-corrected chi connectivity index (χ3v) is 7.99. The number of carbonyl (C=O) groups excluding carboxylic acids is 1.